The second-order valence-electron chi connectivity index (χ2n) is 6.68. The first-order chi connectivity index (χ1) is 13.7. The molecule has 2 aromatic carbocycles. The van der Waals surface area contributed by atoms with Crippen molar-refractivity contribution >= 4 is 27.3 Å². The van der Waals surface area contributed by atoms with E-state index in [1.807, 2.05) is 0 Å². The van der Waals surface area contributed by atoms with Gasteiger partial charge >= 0.3 is 0 Å². The van der Waals surface area contributed by atoms with Crippen LogP contribution in [0.25, 0.3) is 0 Å². The number of methoxy groups -OCH3 is 1. The highest BCUT2D eigenvalue weighted by atomic mass is 32.2. The molecule has 0 spiro atoms. The number of para-hydroxylation sites is 2. The number of phenols is 1. The van der Waals surface area contributed by atoms with Gasteiger partial charge in [-0.2, -0.15) is 5.10 Å². The molecule has 1 amide bonds. The zero-order valence-corrected chi connectivity index (χ0v) is 17.2. The number of benzene rings is 2. The number of carbonyl (C=O) groups excluding carboxylic acids is 1. The second-order valence-corrected chi connectivity index (χ2v) is 8.43. The molecule has 1 heterocycles. The maximum absolute atomic E-state index is 12.6. The lowest BCUT2D eigenvalue weighted by molar-refractivity contribution is -0.132. The standard InChI is InChI=1S/C20H23N3O5S/c1-4-19(25)23-17(14-9-7-11-18(24)20(14)28-2)12-16(21-23)13-8-5-6-10-15(13)22-29(3,26)27/h5-11,17,22,24H,4,12H2,1-3H3/t17-/m1/s1. The predicted octanol–water partition coefficient (Wildman–Crippen LogP) is 2.86. The highest BCUT2D eigenvalue weighted by Crippen LogP contribution is 2.42. The van der Waals surface area contributed by atoms with Crippen LogP contribution < -0.4 is 9.46 Å². The summed E-state index contributed by atoms with van der Waals surface area (Å²) < 4.78 is 31.3. The third-order valence-electron chi connectivity index (χ3n) is 4.59. The van der Waals surface area contributed by atoms with E-state index in [-0.39, 0.29) is 23.8 Å². The molecule has 2 aromatic rings. The zero-order valence-electron chi connectivity index (χ0n) is 16.4. The number of amides is 1. The average Bonchev–Trinajstić information content (AvgIpc) is 3.11. The van der Waals surface area contributed by atoms with E-state index >= 15 is 0 Å². The Kier molecular flexibility index (Phi) is 5.78. The highest BCUT2D eigenvalue weighted by molar-refractivity contribution is 7.92. The average molecular weight is 417 g/mol. The van der Waals surface area contributed by atoms with Crippen LogP contribution in [0, 0.1) is 0 Å². The first-order valence-corrected chi connectivity index (χ1v) is 11.0. The normalized spacial score (nSPS) is 16.4. The van der Waals surface area contributed by atoms with Crippen molar-refractivity contribution in [3.05, 3.63) is 53.6 Å². The summed E-state index contributed by atoms with van der Waals surface area (Å²) in [5.41, 5.74) is 2.17. The van der Waals surface area contributed by atoms with E-state index in [2.05, 4.69) is 9.82 Å². The maximum atomic E-state index is 12.6. The summed E-state index contributed by atoms with van der Waals surface area (Å²) in [6.07, 6.45) is 1.67. The van der Waals surface area contributed by atoms with Crippen LogP contribution in [0.3, 0.4) is 0 Å². The molecule has 154 valence electrons. The van der Waals surface area contributed by atoms with Crippen molar-refractivity contribution in [3.8, 4) is 11.5 Å². The molecule has 8 nitrogen and oxygen atoms in total. The van der Waals surface area contributed by atoms with E-state index in [4.69, 9.17) is 4.74 Å². The van der Waals surface area contributed by atoms with Gasteiger partial charge in [-0.25, -0.2) is 13.4 Å². The van der Waals surface area contributed by atoms with Crippen LogP contribution in [0.15, 0.2) is 47.6 Å². The fourth-order valence-corrected chi connectivity index (χ4v) is 3.94. The molecule has 1 atom stereocenters. The molecule has 29 heavy (non-hydrogen) atoms. The van der Waals surface area contributed by atoms with Gasteiger partial charge in [-0.1, -0.05) is 37.3 Å². The highest BCUT2D eigenvalue weighted by Gasteiger charge is 2.35. The van der Waals surface area contributed by atoms with Gasteiger partial charge in [-0.3, -0.25) is 9.52 Å². The summed E-state index contributed by atoms with van der Waals surface area (Å²) in [6, 6.07) is 11.4. The largest absolute Gasteiger partial charge is 0.504 e. The minimum absolute atomic E-state index is 0.0264. The van der Waals surface area contributed by atoms with Gasteiger partial charge in [-0.05, 0) is 12.1 Å². The number of nitrogens with zero attached hydrogens (tertiary/aromatic N) is 2. The van der Waals surface area contributed by atoms with Crippen molar-refractivity contribution in [1.29, 1.82) is 0 Å². The zero-order chi connectivity index (χ0) is 21.2. The Balaban J connectivity index is 2.07. The Hall–Kier alpha value is -3.07. The van der Waals surface area contributed by atoms with Crippen LogP contribution >= 0.6 is 0 Å². The number of anilines is 1. The second kappa shape index (κ2) is 8.12. The molecule has 9 heteroatoms. The summed E-state index contributed by atoms with van der Waals surface area (Å²) in [7, 11) is -2.03. The molecule has 0 fully saturated rings. The fraction of sp³-hybridized carbons (Fsp3) is 0.300. The van der Waals surface area contributed by atoms with Gasteiger partial charge in [0.05, 0.1) is 30.8 Å². The molecule has 1 aliphatic rings. The molecule has 0 aromatic heterocycles. The predicted molar refractivity (Wildman–Crippen MR) is 111 cm³/mol. The van der Waals surface area contributed by atoms with Gasteiger partial charge in [0.2, 0.25) is 15.9 Å². The lowest BCUT2D eigenvalue weighted by atomic mass is 9.96. The molecular formula is C20H23N3O5S. The maximum Gasteiger partial charge on any atom is 0.242 e. The summed E-state index contributed by atoms with van der Waals surface area (Å²) in [5.74, 6) is 0.0656. The van der Waals surface area contributed by atoms with Crippen LogP contribution in [0.5, 0.6) is 11.5 Å². The van der Waals surface area contributed by atoms with Crippen LogP contribution in [-0.4, -0.2) is 43.5 Å². The van der Waals surface area contributed by atoms with Crippen LogP contribution in [-0.2, 0) is 14.8 Å². The first kappa shape index (κ1) is 20.7. The Bertz CT molecular complexity index is 1070. The Morgan fingerprint density at radius 3 is 2.66 bits per heavy atom. The van der Waals surface area contributed by atoms with Crippen molar-refractivity contribution in [2.45, 2.75) is 25.8 Å². The number of rotatable bonds is 6. The molecule has 0 bridgehead atoms. The molecule has 0 saturated carbocycles. The molecule has 0 saturated heterocycles. The summed E-state index contributed by atoms with van der Waals surface area (Å²) in [5, 5.41) is 16.0. The summed E-state index contributed by atoms with van der Waals surface area (Å²) in [4.78, 5) is 12.6. The molecule has 0 aliphatic carbocycles. The van der Waals surface area contributed by atoms with Crippen molar-refractivity contribution in [2.24, 2.45) is 5.10 Å². The summed E-state index contributed by atoms with van der Waals surface area (Å²) >= 11 is 0. The third-order valence-corrected chi connectivity index (χ3v) is 5.18. The van der Waals surface area contributed by atoms with Crippen LogP contribution in [0.2, 0.25) is 0 Å². The topological polar surface area (TPSA) is 108 Å². The van der Waals surface area contributed by atoms with Gasteiger partial charge in [0.25, 0.3) is 0 Å². The van der Waals surface area contributed by atoms with E-state index in [0.717, 1.165) is 6.26 Å². The summed E-state index contributed by atoms with van der Waals surface area (Å²) in [6.45, 7) is 1.74. The van der Waals surface area contributed by atoms with Gasteiger partial charge in [0.1, 0.15) is 0 Å². The lowest BCUT2D eigenvalue weighted by Crippen LogP contribution is -2.26. The van der Waals surface area contributed by atoms with Gasteiger partial charge in [0, 0.05) is 24.0 Å². The van der Waals surface area contributed by atoms with Gasteiger partial charge < -0.3 is 9.84 Å². The quantitative estimate of drug-likeness (QED) is 0.751. The van der Waals surface area contributed by atoms with Gasteiger partial charge in [0.15, 0.2) is 11.5 Å². The van der Waals surface area contributed by atoms with Crippen LogP contribution in [0.4, 0.5) is 5.69 Å². The molecule has 0 radical (unpaired) electrons. The fourth-order valence-electron chi connectivity index (χ4n) is 3.36. The van der Waals surface area contributed by atoms with Crippen molar-refractivity contribution < 1.29 is 23.1 Å². The number of sulfonamides is 1. The van der Waals surface area contributed by atoms with E-state index in [0.29, 0.717) is 28.9 Å². The van der Waals surface area contributed by atoms with E-state index in [9.17, 15) is 18.3 Å². The number of hydrogen-bond donors (Lipinski definition) is 2. The van der Waals surface area contributed by atoms with Gasteiger partial charge in [-0.15, -0.1) is 0 Å². The number of nitrogens with one attached hydrogen (secondary N) is 1. The number of phenolic OH excluding ortho intramolecular Hbond substituents is 1. The Morgan fingerprint density at radius 2 is 2.00 bits per heavy atom. The number of aromatic hydroxyl groups is 1. The SMILES string of the molecule is CCC(=O)N1N=C(c2ccccc2NS(C)(=O)=O)C[C@@H]1c1cccc(O)c1OC. The first-order valence-electron chi connectivity index (χ1n) is 9.07. The monoisotopic (exact) mass is 417 g/mol. The van der Waals surface area contributed by atoms with E-state index in [1.54, 1.807) is 43.3 Å². The van der Waals surface area contributed by atoms with Crippen molar-refractivity contribution in [1.82, 2.24) is 5.01 Å². The van der Waals surface area contributed by atoms with Crippen LogP contribution in [0.1, 0.15) is 36.9 Å². The Morgan fingerprint density at radius 1 is 1.28 bits per heavy atom. The van der Waals surface area contributed by atoms with E-state index < -0.39 is 16.1 Å². The van der Waals surface area contributed by atoms with E-state index in [1.165, 1.54) is 18.2 Å². The molecule has 0 unspecified atom stereocenters. The molecule has 1 aliphatic heterocycles. The minimum Gasteiger partial charge on any atom is -0.504 e. The van der Waals surface area contributed by atoms with Crippen molar-refractivity contribution in [3.63, 3.8) is 0 Å². The molecule has 3 rings (SSSR count). The Labute approximate surface area is 169 Å². The van der Waals surface area contributed by atoms with Crippen molar-refractivity contribution in [2.75, 3.05) is 18.1 Å². The number of carbonyl (C=O) groups is 1. The number of hydrogen-bond acceptors (Lipinski definition) is 6. The molecular weight excluding hydrogens is 394 g/mol. The number of hydrazone groups is 1. The molecule has 2 N–H and O–H groups in total. The number of ether oxygens (including phenoxy) is 1. The third kappa shape index (κ3) is 4.34. The lowest BCUT2D eigenvalue weighted by Gasteiger charge is -2.23. The minimum atomic E-state index is -3.48. The smallest absolute Gasteiger partial charge is 0.242 e.